The van der Waals surface area contributed by atoms with Crippen LogP contribution in [0.15, 0.2) is 34.7 Å². The quantitative estimate of drug-likeness (QED) is 0.734. The molecule has 3 aliphatic rings. The minimum Gasteiger partial charge on any atom is -0.464 e. The molecule has 1 aromatic carbocycles. The minimum atomic E-state index is 0.202. The summed E-state index contributed by atoms with van der Waals surface area (Å²) in [5, 5.41) is 0. The smallest absolute Gasteiger partial charge is 0.231 e. The van der Waals surface area contributed by atoms with Gasteiger partial charge in [-0.05, 0) is 61.4 Å². The molecule has 1 amide bonds. The second-order valence-corrected chi connectivity index (χ2v) is 8.06. The van der Waals surface area contributed by atoms with Crippen molar-refractivity contribution in [3.63, 3.8) is 0 Å². The van der Waals surface area contributed by atoms with Crippen molar-refractivity contribution in [1.82, 2.24) is 4.90 Å². The summed E-state index contributed by atoms with van der Waals surface area (Å²) in [4.78, 5) is 14.9. The third-order valence-electron chi connectivity index (χ3n) is 5.86. The number of nitrogens with zero attached hydrogens (tertiary/aromatic N) is 1. The van der Waals surface area contributed by atoms with Crippen LogP contribution in [0.1, 0.15) is 55.6 Å². The highest BCUT2D eigenvalue weighted by Crippen LogP contribution is 2.47. The van der Waals surface area contributed by atoms with Crippen LogP contribution in [0.5, 0.6) is 11.5 Å². The number of furan rings is 1. The Labute approximate surface area is 159 Å². The van der Waals surface area contributed by atoms with Crippen molar-refractivity contribution in [2.45, 2.75) is 57.5 Å². The largest absolute Gasteiger partial charge is 0.464 e. The van der Waals surface area contributed by atoms with E-state index in [9.17, 15) is 4.79 Å². The summed E-state index contributed by atoms with van der Waals surface area (Å²) in [6.45, 7) is 3.12. The van der Waals surface area contributed by atoms with E-state index in [-0.39, 0.29) is 12.7 Å². The number of carbonyl (C=O) groups excluding carboxylic acids is 1. The molecule has 2 aromatic rings. The van der Waals surface area contributed by atoms with Crippen molar-refractivity contribution in [3.8, 4) is 11.5 Å². The molecule has 2 fully saturated rings. The van der Waals surface area contributed by atoms with Gasteiger partial charge in [0.05, 0.1) is 6.54 Å². The lowest BCUT2D eigenvalue weighted by molar-refractivity contribution is -0.132. The molecule has 0 bridgehead atoms. The summed E-state index contributed by atoms with van der Waals surface area (Å²) in [5.41, 5.74) is 1.10. The summed E-state index contributed by atoms with van der Waals surface area (Å²) in [5.74, 6) is 5.06. The SMILES string of the molecule is CC1CC1c1ccc(CN(C(=O)CCc2ccc3c(c2)OCO3)C2CC2)o1. The molecule has 27 heavy (non-hydrogen) atoms. The van der Waals surface area contributed by atoms with Gasteiger partial charge >= 0.3 is 0 Å². The molecule has 2 saturated carbocycles. The molecule has 2 heterocycles. The highest BCUT2D eigenvalue weighted by Gasteiger charge is 2.37. The van der Waals surface area contributed by atoms with Gasteiger partial charge in [0.2, 0.25) is 12.7 Å². The van der Waals surface area contributed by atoms with Gasteiger partial charge in [-0.3, -0.25) is 4.79 Å². The fourth-order valence-corrected chi connectivity index (χ4v) is 3.86. The number of fused-ring (bicyclic) bond motifs is 1. The second-order valence-electron chi connectivity index (χ2n) is 8.06. The summed E-state index contributed by atoms with van der Waals surface area (Å²) < 4.78 is 16.8. The maximum Gasteiger partial charge on any atom is 0.231 e. The Kier molecular flexibility index (Phi) is 4.10. The van der Waals surface area contributed by atoms with Gasteiger partial charge < -0.3 is 18.8 Å². The predicted octanol–water partition coefficient (Wildman–Crippen LogP) is 4.26. The molecule has 0 radical (unpaired) electrons. The number of carbonyl (C=O) groups is 1. The van der Waals surface area contributed by atoms with Crippen LogP contribution in [0.3, 0.4) is 0 Å². The van der Waals surface area contributed by atoms with Gasteiger partial charge in [-0.15, -0.1) is 0 Å². The molecular weight excluding hydrogens is 342 g/mol. The number of aryl methyl sites for hydroxylation is 1. The molecule has 2 atom stereocenters. The molecule has 5 heteroatoms. The van der Waals surface area contributed by atoms with Gasteiger partial charge in [-0.2, -0.15) is 0 Å². The van der Waals surface area contributed by atoms with Gasteiger partial charge in [-0.25, -0.2) is 0 Å². The van der Waals surface area contributed by atoms with Crippen molar-refractivity contribution < 1.29 is 18.7 Å². The van der Waals surface area contributed by atoms with Crippen molar-refractivity contribution in [2.75, 3.05) is 6.79 Å². The number of ether oxygens (including phenoxy) is 2. The molecule has 0 spiro atoms. The molecule has 1 aliphatic heterocycles. The van der Waals surface area contributed by atoms with Crippen LogP contribution in [-0.4, -0.2) is 23.6 Å². The molecule has 5 rings (SSSR count). The zero-order valence-electron chi connectivity index (χ0n) is 15.6. The summed E-state index contributed by atoms with van der Waals surface area (Å²) >= 11 is 0. The number of rotatable bonds is 7. The minimum absolute atomic E-state index is 0.202. The number of hydrogen-bond acceptors (Lipinski definition) is 4. The third kappa shape index (κ3) is 3.55. The monoisotopic (exact) mass is 367 g/mol. The highest BCUT2D eigenvalue weighted by molar-refractivity contribution is 5.77. The van der Waals surface area contributed by atoms with E-state index in [1.807, 2.05) is 29.2 Å². The Bertz CT molecular complexity index is 854. The van der Waals surface area contributed by atoms with Crippen LogP contribution in [0.2, 0.25) is 0 Å². The molecule has 142 valence electrons. The summed E-state index contributed by atoms with van der Waals surface area (Å²) in [6, 6.07) is 10.4. The first-order chi connectivity index (χ1) is 13.2. The lowest BCUT2D eigenvalue weighted by Crippen LogP contribution is -2.32. The van der Waals surface area contributed by atoms with Crippen LogP contribution in [-0.2, 0) is 17.8 Å². The topological polar surface area (TPSA) is 51.9 Å². The normalized spacial score (nSPS) is 22.7. The van der Waals surface area contributed by atoms with Gasteiger partial charge in [-0.1, -0.05) is 13.0 Å². The van der Waals surface area contributed by atoms with E-state index in [2.05, 4.69) is 13.0 Å². The number of hydrogen-bond donors (Lipinski definition) is 0. The fourth-order valence-electron chi connectivity index (χ4n) is 3.86. The van der Waals surface area contributed by atoms with E-state index in [0.29, 0.717) is 31.3 Å². The Morgan fingerprint density at radius 2 is 1.96 bits per heavy atom. The molecule has 5 nitrogen and oxygen atoms in total. The fraction of sp³-hybridized carbons (Fsp3) is 0.500. The second kappa shape index (κ2) is 6.63. The van der Waals surface area contributed by atoms with Crippen LogP contribution in [0.25, 0.3) is 0 Å². The van der Waals surface area contributed by atoms with Crippen LogP contribution >= 0.6 is 0 Å². The van der Waals surface area contributed by atoms with Crippen LogP contribution < -0.4 is 9.47 Å². The third-order valence-corrected chi connectivity index (χ3v) is 5.86. The molecule has 2 unspecified atom stereocenters. The Morgan fingerprint density at radius 3 is 2.74 bits per heavy atom. The van der Waals surface area contributed by atoms with E-state index in [4.69, 9.17) is 13.9 Å². The number of benzene rings is 1. The first-order valence-electron chi connectivity index (χ1n) is 9.94. The standard InChI is InChI=1S/C22H25NO4/c1-14-10-18(14)19-8-6-17(27-19)12-23(16-4-5-16)22(24)9-3-15-2-7-20-21(11-15)26-13-25-20/h2,6-8,11,14,16,18H,3-5,9-10,12-13H2,1H3. The van der Waals surface area contributed by atoms with Crippen LogP contribution in [0, 0.1) is 5.92 Å². The van der Waals surface area contributed by atoms with Crippen molar-refractivity contribution in [1.29, 1.82) is 0 Å². The first kappa shape index (κ1) is 16.7. The summed E-state index contributed by atoms with van der Waals surface area (Å²) in [6.07, 6.45) is 4.63. The van der Waals surface area contributed by atoms with E-state index in [1.54, 1.807) is 0 Å². The number of amides is 1. The Morgan fingerprint density at radius 1 is 1.15 bits per heavy atom. The average Bonchev–Trinajstić information content (AvgIpc) is 3.54. The molecule has 1 aromatic heterocycles. The van der Waals surface area contributed by atoms with Crippen LogP contribution in [0.4, 0.5) is 0 Å². The summed E-state index contributed by atoms with van der Waals surface area (Å²) in [7, 11) is 0. The Hall–Kier alpha value is -2.43. The van der Waals surface area contributed by atoms with Gasteiger partial charge in [0.1, 0.15) is 11.5 Å². The molecule has 0 saturated heterocycles. The van der Waals surface area contributed by atoms with E-state index < -0.39 is 0 Å². The van der Waals surface area contributed by atoms with Gasteiger partial charge in [0.25, 0.3) is 0 Å². The molecular formula is C22H25NO4. The zero-order chi connectivity index (χ0) is 18.4. The van der Waals surface area contributed by atoms with Gasteiger partial charge in [0, 0.05) is 18.4 Å². The average molecular weight is 367 g/mol. The zero-order valence-corrected chi connectivity index (χ0v) is 15.6. The lowest BCUT2D eigenvalue weighted by atomic mass is 10.1. The highest BCUT2D eigenvalue weighted by atomic mass is 16.7. The van der Waals surface area contributed by atoms with Crippen molar-refractivity contribution in [3.05, 3.63) is 47.4 Å². The first-order valence-corrected chi connectivity index (χ1v) is 9.94. The van der Waals surface area contributed by atoms with E-state index in [0.717, 1.165) is 47.3 Å². The van der Waals surface area contributed by atoms with E-state index in [1.165, 1.54) is 6.42 Å². The molecule has 0 N–H and O–H groups in total. The predicted molar refractivity (Wildman–Crippen MR) is 99.7 cm³/mol. The van der Waals surface area contributed by atoms with Gasteiger partial charge in [0.15, 0.2) is 11.5 Å². The lowest BCUT2D eigenvalue weighted by Gasteiger charge is -2.21. The van der Waals surface area contributed by atoms with Crippen molar-refractivity contribution >= 4 is 5.91 Å². The van der Waals surface area contributed by atoms with E-state index >= 15 is 0 Å². The maximum atomic E-state index is 12.9. The molecule has 2 aliphatic carbocycles. The Balaban J connectivity index is 1.21. The maximum absolute atomic E-state index is 12.9. The van der Waals surface area contributed by atoms with Crippen molar-refractivity contribution in [2.24, 2.45) is 5.92 Å².